The van der Waals surface area contributed by atoms with E-state index in [2.05, 4.69) is 7.05 Å². The third-order valence-electron chi connectivity index (χ3n) is 4.43. The SMILES string of the molecule is C[NH+]1CCN(c2ccc(C(=O)c3ccccc3)cc2[N+](=O)[O-])CC1. The number of piperazine rings is 1. The summed E-state index contributed by atoms with van der Waals surface area (Å²) in [5.41, 5.74) is 1.47. The van der Waals surface area contributed by atoms with Gasteiger partial charge in [0.25, 0.3) is 5.69 Å². The Kier molecular flexibility index (Phi) is 4.57. The normalized spacial score (nSPS) is 15.3. The van der Waals surface area contributed by atoms with Crippen molar-refractivity contribution in [1.82, 2.24) is 0 Å². The number of benzene rings is 2. The van der Waals surface area contributed by atoms with Gasteiger partial charge in [0.15, 0.2) is 5.78 Å². The van der Waals surface area contributed by atoms with Crippen LogP contribution in [0, 0.1) is 10.1 Å². The maximum absolute atomic E-state index is 12.5. The monoisotopic (exact) mass is 326 g/mol. The van der Waals surface area contributed by atoms with Gasteiger partial charge in [-0.2, -0.15) is 0 Å². The van der Waals surface area contributed by atoms with Crippen molar-refractivity contribution in [1.29, 1.82) is 0 Å². The van der Waals surface area contributed by atoms with Gasteiger partial charge in [-0.3, -0.25) is 14.9 Å². The molecular formula is C18H20N3O3+. The minimum atomic E-state index is -0.401. The molecule has 1 fully saturated rings. The van der Waals surface area contributed by atoms with Crippen LogP contribution in [0.4, 0.5) is 11.4 Å². The van der Waals surface area contributed by atoms with Crippen molar-refractivity contribution in [2.45, 2.75) is 0 Å². The summed E-state index contributed by atoms with van der Waals surface area (Å²) < 4.78 is 0. The number of likely N-dealkylation sites (N-methyl/N-ethyl adjacent to an activating group) is 1. The van der Waals surface area contributed by atoms with E-state index in [1.165, 1.54) is 11.0 Å². The van der Waals surface area contributed by atoms with Gasteiger partial charge in [0.2, 0.25) is 0 Å². The number of rotatable bonds is 4. The number of nitro groups is 1. The molecule has 0 aliphatic carbocycles. The molecule has 0 aromatic heterocycles. The molecule has 1 aliphatic rings. The van der Waals surface area contributed by atoms with E-state index in [0.717, 1.165) is 26.2 Å². The molecule has 1 N–H and O–H groups in total. The smallest absolute Gasteiger partial charge is 0.293 e. The number of nitro benzene ring substituents is 1. The fourth-order valence-corrected chi connectivity index (χ4v) is 2.96. The lowest BCUT2D eigenvalue weighted by molar-refractivity contribution is -0.880. The molecule has 0 unspecified atom stereocenters. The molecule has 6 heteroatoms. The Morgan fingerprint density at radius 3 is 2.38 bits per heavy atom. The Balaban J connectivity index is 1.93. The second kappa shape index (κ2) is 6.80. The Morgan fingerprint density at radius 2 is 1.75 bits per heavy atom. The summed E-state index contributed by atoms with van der Waals surface area (Å²) in [7, 11) is 2.12. The maximum Gasteiger partial charge on any atom is 0.293 e. The van der Waals surface area contributed by atoms with Crippen LogP contribution in [0.1, 0.15) is 15.9 Å². The van der Waals surface area contributed by atoms with E-state index in [9.17, 15) is 14.9 Å². The van der Waals surface area contributed by atoms with Crippen molar-refractivity contribution in [3.63, 3.8) is 0 Å². The molecule has 0 atom stereocenters. The number of nitrogens with zero attached hydrogens (tertiary/aromatic N) is 2. The summed E-state index contributed by atoms with van der Waals surface area (Å²) in [6.45, 7) is 3.45. The topological polar surface area (TPSA) is 67.9 Å². The quantitative estimate of drug-likeness (QED) is 0.520. The van der Waals surface area contributed by atoms with Crippen molar-refractivity contribution in [2.24, 2.45) is 0 Å². The zero-order chi connectivity index (χ0) is 17.1. The van der Waals surface area contributed by atoms with Crippen molar-refractivity contribution in [3.8, 4) is 0 Å². The summed E-state index contributed by atoms with van der Waals surface area (Å²) in [6, 6.07) is 13.6. The Morgan fingerprint density at radius 1 is 1.08 bits per heavy atom. The second-order valence-corrected chi connectivity index (χ2v) is 6.10. The maximum atomic E-state index is 12.5. The van der Waals surface area contributed by atoms with Gasteiger partial charge >= 0.3 is 0 Å². The molecule has 6 nitrogen and oxygen atoms in total. The highest BCUT2D eigenvalue weighted by Crippen LogP contribution is 2.30. The molecule has 0 bridgehead atoms. The predicted octanol–water partition coefficient (Wildman–Crippen LogP) is 1.16. The van der Waals surface area contributed by atoms with Crippen molar-refractivity contribution >= 4 is 17.2 Å². The fourth-order valence-electron chi connectivity index (χ4n) is 2.96. The van der Waals surface area contributed by atoms with E-state index >= 15 is 0 Å². The summed E-state index contributed by atoms with van der Waals surface area (Å²) in [4.78, 5) is 27.1. The summed E-state index contributed by atoms with van der Waals surface area (Å²) in [5, 5.41) is 11.5. The number of quaternary nitrogens is 1. The third-order valence-corrected chi connectivity index (χ3v) is 4.43. The first-order valence-electron chi connectivity index (χ1n) is 8.00. The van der Waals surface area contributed by atoms with E-state index < -0.39 is 4.92 Å². The molecule has 1 saturated heterocycles. The summed E-state index contributed by atoms with van der Waals surface area (Å²) in [5.74, 6) is -0.201. The van der Waals surface area contributed by atoms with Gasteiger partial charge in [-0.1, -0.05) is 30.3 Å². The molecule has 124 valence electrons. The van der Waals surface area contributed by atoms with Crippen LogP contribution in [0.3, 0.4) is 0 Å². The first-order valence-corrected chi connectivity index (χ1v) is 8.00. The predicted molar refractivity (Wildman–Crippen MR) is 91.8 cm³/mol. The Hall–Kier alpha value is -2.73. The first-order chi connectivity index (χ1) is 11.6. The molecule has 2 aromatic rings. The zero-order valence-corrected chi connectivity index (χ0v) is 13.6. The van der Waals surface area contributed by atoms with Crippen LogP contribution < -0.4 is 9.80 Å². The molecular weight excluding hydrogens is 306 g/mol. The van der Waals surface area contributed by atoms with Crippen LogP contribution in [-0.4, -0.2) is 43.9 Å². The molecule has 24 heavy (non-hydrogen) atoms. The van der Waals surface area contributed by atoms with Gasteiger partial charge in [-0.05, 0) is 12.1 Å². The highest BCUT2D eigenvalue weighted by Gasteiger charge is 2.25. The largest absolute Gasteiger partial charge is 0.355 e. The average molecular weight is 326 g/mol. The minimum absolute atomic E-state index is 0.00339. The highest BCUT2D eigenvalue weighted by atomic mass is 16.6. The molecule has 1 heterocycles. The van der Waals surface area contributed by atoms with Crippen LogP contribution >= 0.6 is 0 Å². The number of ketones is 1. The first kappa shape index (κ1) is 16.1. The minimum Gasteiger partial charge on any atom is -0.355 e. The molecule has 0 amide bonds. The molecule has 0 spiro atoms. The second-order valence-electron chi connectivity index (χ2n) is 6.10. The van der Waals surface area contributed by atoms with E-state index in [1.807, 2.05) is 11.0 Å². The van der Waals surface area contributed by atoms with Gasteiger partial charge in [0, 0.05) is 17.2 Å². The van der Waals surface area contributed by atoms with Crippen LogP contribution in [-0.2, 0) is 0 Å². The highest BCUT2D eigenvalue weighted by molar-refractivity contribution is 6.09. The zero-order valence-electron chi connectivity index (χ0n) is 13.6. The molecule has 0 radical (unpaired) electrons. The van der Waals surface area contributed by atoms with E-state index in [0.29, 0.717) is 16.8 Å². The number of anilines is 1. The number of carbonyl (C=O) groups is 1. The summed E-state index contributed by atoms with van der Waals surface area (Å²) in [6.07, 6.45) is 0. The number of carbonyl (C=O) groups excluding carboxylic acids is 1. The lowest BCUT2D eigenvalue weighted by atomic mass is 10.0. The fraction of sp³-hybridized carbons (Fsp3) is 0.278. The standard InChI is InChI=1S/C18H19N3O3/c1-19-9-11-20(12-10-19)16-8-7-15(13-17(16)21(23)24)18(22)14-5-3-2-4-6-14/h2-8,13H,9-12H2,1H3/p+1. The van der Waals surface area contributed by atoms with Gasteiger partial charge in [0.05, 0.1) is 38.2 Å². The molecule has 1 aliphatic heterocycles. The molecule has 0 saturated carbocycles. The lowest BCUT2D eigenvalue weighted by Crippen LogP contribution is -3.12. The average Bonchev–Trinajstić information content (AvgIpc) is 2.62. The third kappa shape index (κ3) is 3.28. The van der Waals surface area contributed by atoms with E-state index in [4.69, 9.17) is 0 Å². The molecule has 3 rings (SSSR count). The van der Waals surface area contributed by atoms with Crippen LogP contribution in [0.25, 0.3) is 0 Å². The van der Waals surface area contributed by atoms with Gasteiger partial charge < -0.3 is 9.80 Å². The van der Waals surface area contributed by atoms with E-state index in [-0.39, 0.29) is 11.5 Å². The molecule has 2 aromatic carbocycles. The number of hydrogen-bond acceptors (Lipinski definition) is 4. The van der Waals surface area contributed by atoms with Gasteiger partial charge in [0.1, 0.15) is 5.69 Å². The Labute approximate surface area is 140 Å². The summed E-state index contributed by atoms with van der Waals surface area (Å²) >= 11 is 0. The van der Waals surface area contributed by atoms with Crippen molar-refractivity contribution in [2.75, 3.05) is 38.1 Å². The van der Waals surface area contributed by atoms with Gasteiger partial charge in [-0.25, -0.2) is 0 Å². The van der Waals surface area contributed by atoms with Crippen molar-refractivity contribution < 1.29 is 14.6 Å². The Bertz CT molecular complexity index is 753. The van der Waals surface area contributed by atoms with Crippen LogP contribution in [0.5, 0.6) is 0 Å². The lowest BCUT2D eigenvalue weighted by Gasteiger charge is -2.31. The van der Waals surface area contributed by atoms with Crippen molar-refractivity contribution in [3.05, 3.63) is 69.8 Å². The van der Waals surface area contributed by atoms with Crippen LogP contribution in [0.2, 0.25) is 0 Å². The van der Waals surface area contributed by atoms with Crippen LogP contribution in [0.15, 0.2) is 48.5 Å². The van der Waals surface area contributed by atoms with E-state index in [1.54, 1.807) is 36.4 Å². The number of hydrogen-bond donors (Lipinski definition) is 1. The van der Waals surface area contributed by atoms with Gasteiger partial charge in [-0.15, -0.1) is 0 Å². The number of nitrogens with one attached hydrogen (secondary N) is 1.